The molecular weight excluding hydrogens is 356 g/mol. The van der Waals surface area contributed by atoms with E-state index in [0.717, 1.165) is 22.9 Å². The number of amides is 2. The summed E-state index contributed by atoms with van der Waals surface area (Å²) in [7, 11) is 1.69. The van der Waals surface area contributed by atoms with Crippen molar-refractivity contribution in [1.82, 2.24) is 14.5 Å². The number of nitrogens with one attached hydrogen (secondary N) is 1. The number of aromatic nitrogens is 2. The number of carbonyl (C=O) groups excluding carboxylic acids is 2. The van der Waals surface area contributed by atoms with Gasteiger partial charge in [-0.2, -0.15) is 0 Å². The molecule has 0 saturated heterocycles. The fourth-order valence-electron chi connectivity index (χ4n) is 3.70. The Morgan fingerprint density at radius 1 is 1.32 bits per heavy atom. The Labute approximate surface area is 161 Å². The van der Waals surface area contributed by atoms with Crippen LogP contribution in [0.2, 0.25) is 0 Å². The Hall–Kier alpha value is -3.35. The van der Waals surface area contributed by atoms with Crippen LogP contribution in [0, 0.1) is 5.92 Å². The molecule has 0 bridgehead atoms. The molecule has 144 valence electrons. The lowest BCUT2D eigenvalue weighted by molar-refractivity contribution is 0.0776. The molecule has 0 radical (unpaired) electrons. The summed E-state index contributed by atoms with van der Waals surface area (Å²) in [5, 5.41) is 0.982. The zero-order valence-corrected chi connectivity index (χ0v) is 15.8. The molecule has 4 rings (SSSR count). The molecular formula is C21H22N4O3. The van der Waals surface area contributed by atoms with Gasteiger partial charge in [0.2, 0.25) is 5.91 Å². The van der Waals surface area contributed by atoms with Crippen molar-refractivity contribution < 1.29 is 9.59 Å². The minimum atomic E-state index is -0.676. The molecule has 28 heavy (non-hydrogen) atoms. The van der Waals surface area contributed by atoms with Crippen molar-refractivity contribution in [1.29, 1.82) is 0 Å². The van der Waals surface area contributed by atoms with Crippen molar-refractivity contribution in [3.63, 3.8) is 0 Å². The van der Waals surface area contributed by atoms with Crippen LogP contribution in [-0.4, -0.2) is 39.4 Å². The van der Waals surface area contributed by atoms with Gasteiger partial charge in [0.1, 0.15) is 5.56 Å². The molecule has 3 N–H and O–H groups in total. The Kier molecular flexibility index (Phi) is 4.30. The van der Waals surface area contributed by atoms with E-state index < -0.39 is 11.5 Å². The van der Waals surface area contributed by atoms with Crippen molar-refractivity contribution in [2.24, 2.45) is 11.7 Å². The van der Waals surface area contributed by atoms with Gasteiger partial charge in [-0.15, -0.1) is 0 Å². The zero-order chi connectivity index (χ0) is 20.0. The van der Waals surface area contributed by atoms with Gasteiger partial charge in [-0.1, -0.05) is 19.1 Å². The molecule has 1 aliphatic carbocycles. The maximum atomic E-state index is 13.0. The van der Waals surface area contributed by atoms with Crippen LogP contribution in [0.1, 0.15) is 39.6 Å². The average Bonchev–Trinajstić information content (AvgIpc) is 3.20. The van der Waals surface area contributed by atoms with Crippen LogP contribution in [0.3, 0.4) is 0 Å². The lowest BCUT2D eigenvalue weighted by Crippen LogP contribution is -2.37. The third kappa shape index (κ3) is 3.09. The number of nitrogens with zero attached hydrogens (tertiary/aromatic N) is 2. The highest BCUT2D eigenvalue weighted by Crippen LogP contribution is 2.34. The van der Waals surface area contributed by atoms with Crippen molar-refractivity contribution in [2.75, 3.05) is 7.05 Å². The molecule has 2 amide bonds. The second-order valence-corrected chi connectivity index (χ2v) is 7.49. The lowest BCUT2D eigenvalue weighted by Gasteiger charge is -2.18. The summed E-state index contributed by atoms with van der Waals surface area (Å²) in [6, 6.07) is 9.13. The van der Waals surface area contributed by atoms with E-state index in [0.29, 0.717) is 5.92 Å². The lowest BCUT2D eigenvalue weighted by atomic mass is 10.1. The monoisotopic (exact) mass is 378 g/mol. The molecule has 7 nitrogen and oxygen atoms in total. The first-order chi connectivity index (χ1) is 13.4. The SMILES string of the molecule is C[C@H]1C[C@@H]1N(C)C(=O)c1cc(C(N)=O)cn(Cc2cccc3[nH]ccc23)c1=O. The molecule has 7 heteroatoms. The van der Waals surface area contributed by atoms with Gasteiger partial charge in [-0.3, -0.25) is 14.4 Å². The number of aromatic amines is 1. The van der Waals surface area contributed by atoms with E-state index in [4.69, 9.17) is 5.73 Å². The first-order valence-electron chi connectivity index (χ1n) is 9.23. The van der Waals surface area contributed by atoms with Gasteiger partial charge in [0.15, 0.2) is 0 Å². The predicted octanol–water partition coefficient (Wildman–Crippen LogP) is 1.96. The third-order valence-corrected chi connectivity index (χ3v) is 5.51. The quantitative estimate of drug-likeness (QED) is 0.709. The van der Waals surface area contributed by atoms with Gasteiger partial charge in [0.05, 0.1) is 12.1 Å². The number of carbonyl (C=O) groups is 2. The van der Waals surface area contributed by atoms with E-state index in [1.165, 1.54) is 16.8 Å². The zero-order valence-electron chi connectivity index (χ0n) is 15.8. The van der Waals surface area contributed by atoms with Crippen LogP contribution in [0.25, 0.3) is 10.9 Å². The Bertz CT molecular complexity index is 1140. The maximum Gasteiger partial charge on any atom is 0.263 e. The highest BCUT2D eigenvalue weighted by molar-refractivity contribution is 5.98. The Morgan fingerprint density at radius 2 is 2.07 bits per heavy atom. The van der Waals surface area contributed by atoms with E-state index in [1.807, 2.05) is 30.5 Å². The number of primary amides is 1. The van der Waals surface area contributed by atoms with E-state index in [-0.39, 0.29) is 29.6 Å². The van der Waals surface area contributed by atoms with Crippen molar-refractivity contribution in [2.45, 2.75) is 25.9 Å². The topological polar surface area (TPSA) is 101 Å². The summed E-state index contributed by atoms with van der Waals surface area (Å²) in [6.07, 6.45) is 4.17. The van der Waals surface area contributed by atoms with E-state index in [2.05, 4.69) is 11.9 Å². The second kappa shape index (κ2) is 6.67. The number of rotatable bonds is 5. The van der Waals surface area contributed by atoms with Crippen LogP contribution < -0.4 is 11.3 Å². The summed E-state index contributed by atoms with van der Waals surface area (Å²) in [5.41, 5.74) is 7.00. The maximum absolute atomic E-state index is 13.0. The van der Waals surface area contributed by atoms with Crippen LogP contribution in [0.15, 0.2) is 47.5 Å². The van der Waals surface area contributed by atoms with E-state index in [1.54, 1.807) is 11.9 Å². The normalized spacial score (nSPS) is 18.2. The molecule has 0 aliphatic heterocycles. The second-order valence-electron chi connectivity index (χ2n) is 7.49. The van der Waals surface area contributed by atoms with Crippen molar-refractivity contribution in [3.05, 3.63) is 69.8 Å². The van der Waals surface area contributed by atoms with Gasteiger partial charge in [0, 0.05) is 36.4 Å². The molecule has 3 aromatic rings. The third-order valence-electron chi connectivity index (χ3n) is 5.51. The molecule has 1 saturated carbocycles. The number of benzene rings is 1. The molecule has 1 aromatic carbocycles. The molecule has 1 fully saturated rings. The number of H-pyrrole nitrogens is 1. The predicted molar refractivity (Wildman–Crippen MR) is 106 cm³/mol. The molecule has 1 aliphatic rings. The van der Waals surface area contributed by atoms with Gasteiger partial charge >= 0.3 is 0 Å². The largest absolute Gasteiger partial charge is 0.366 e. The summed E-state index contributed by atoms with van der Waals surface area (Å²) in [4.78, 5) is 42.5. The van der Waals surface area contributed by atoms with Crippen LogP contribution in [0.4, 0.5) is 0 Å². The molecule has 0 unspecified atom stereocenters. The molecule has 2 atom stereocenters. The number of hydrogen-bond acceptors (Lipinski definition) is 3. The van der Waals surface area contributed by atoms with Crippen LogP contribution >= 0.6 is 0 Å². The van der Waals surface area contributed by atoms with Gasteiger partial charge in [-0.25, -0.2) is 0 Å². The molecule has 0 spiro atoms. The smallest absolute Gasteiger partial charge is 0.263 e. The minimum absolute atomic E-state index is 0.0286. The highest BCUT2D eigenvalue weighted by Gasteiger charge is 2.39. The van der Waals surface area contributed by atoms with Crippen LogP contribution in [-0.2, 0) is 6.54 Å². The fourth-order valence-corrected chi connectivity index (χ4v) is 3.70. The molecule has 2 aromatic heterocycles. The van der Waals surface area contributed by atoms with Crippen LogP contribution in [0.5, 0.6) is 0 Å². The van der Waals surface area contributed by atoms with Crippen molar-refractivity contribution >= 4 is 22.7 Å². The summed E-state index contributed by atoms with van der Waals surface area (Å²) in [5.74, 6) is -0.636. The summed E-state index contributed by atoms with van der Waals surface area (Å²) >= 11 is 0. The minimum Gasteiger partial charge on any atom is -0.366 e. The van der Waals surface area contributed by atoms with Gasteiger partial charge in [-0.05, 0) is 36.1 Å². The average molecular weight is 378 g/mol. The highest BCUT2D eigenvalue weighted by atomic mass is 16.2. The van der Waals surface area contributed by atoms with Gasteiger partial charge in [0.25, 0.3) is 11.5 Å². The summed E-state index contributed by atoms with van der Waals surface area (Å²) < 4.78 is 1.39. The first kappa shape index (κ1) is 18.0. The molecule has 2 heterocycles. The Morgan fingerprint density at radius 3 is 2.75 bits per heavy atom. The number of pyridine rings is 1. The number of hydrogen-bond donors (Lipinski definition) is 2. The van der Waals surface area contributed by atoms with E-state index >= 15 is 0 Å². The number of nitrogens with two attached hydrogens (primary N) is 1. The fraction of sp³-hybridized carbons (Fsp3) is 0.286. The Balaban J connectivity index is 1.78. The van der Waals surface area contributed by atoms with Gasteiger partial charge < -0.3 is 20.2 Å². The first-order valence-corrected chi connectivity index (χ1v) is 9.23. The summed E-state index contributed by atoms with van der Waals surface area (Å²) in [6.45, 7) is 2.29. The van der Waals surface area contributed by atoms with Crippen molar-refractivity contribution in [3.8, 4) is 0 Å². The van der Waals surface area contributed by atoms with E-state index in [9.17, 15) is 14.4 Å². The number of fused-ring (bicyclic) bond motifs is 1. The standard InChI is InChI=1S/C21H22N4O3/c1-12-8-18(12)24(2)20(27)16-9-14(19(22)26)11-25(21(16)28)10-13-4-3-5-17-15(13)6-7-23-17/h3-7,9,11-12,18,23H,8,10H2,1-2H3,(H2,22,26)/t12-,18-/m0/s1.